The fraction of sp³-hybridized carbons (Fsp3) is 0.250. The van der Waals surface area contributed by atoms with E-state index in [2.05, 4.69) is 48.5 Å². The molecule has 5 nitrogen and oxygen atoms in total. The number of ether oxygens (including phenoxy) is 1. The normalized spacial score (nSPS) is 12.2. The quantitative estimate of drug-likeness (QED) is 0.487. The molecule has 2 aromatic carbocycles. The van der Waals surface area contributed by atoms with Crippen molar-refractivity contribution in [2.75, 3.05) is 6.61 Å². The highest BCUT2D eigenvalue weighted by Crippen LogP contribution is 2.22. The molecule has 0 spiro atoms. The van der Waals surface area contributed by atoms with Crippen LogP contribution in [0.2, 0.25) is 0 Å². The molecular formula is C24H26N4O. The summed E-state index contributed by atoms with van der Waals surface area (Å²) in [6.07, 6.45) is 1.95. The fourth-order valence-electron chi connectivity index (χ4n) is 3.55. The van der Waals surface area contributed by atoms with Crippen LogP contribution in [-0.2, 0) is 6.54 Å². The van der Waals surface area contributed by atoms with Crippen molar-refractivity contribution in [2.24, 2.45) is 0 Å². The molecule has 0 saturated carbocycles. The van der Waals surface area contributed by atoms with E-state index in [9.17, 15) is 0 Å². The van der Waals surface area contributed by atoms with Gasteiger partial charge in [0.15, 0.2) is 0 Å². The lowest BCUT2D eigenvalue weighted by Gasteiger charge is -2.14. The number of hydrogen-bond acceptors (Lipinski definition) is 4. The van der Waals surface area contributed by atoms with Gasteiger partial charge < -0.3 is 10.1 Å². The summed E-state index contributed by atoms with van der Waals surface area (Å²) in [4.78, 5) is 4.78. The van der Waals surface area contributed by atoms with Crippen LogP contribution >= 0.6 is 0 Å². The lowest BCUT2D eigenvalue weighted by molar-refractivity contribution is 0.340. The number of nitrogens with zero attached hydrogens (tertiary/aromatic N) is 3. The second-order valence-electron chi connectivity index (χ2n) is 7.13. The molecule has 4 aromatic rings. The standard InChI is InChI=1S/C24H26N4O/c1-4-29-22-12-13-24-19(14-22)10-11-20(27-24)15-25-17(2)23-16-26-28(18(23)3)21-8-6-5-7-9-21/h5-14,16-17,25H,4,15H2,1-3H3. The third-order valence-electron chi connectivity index (χ3n) is 5.13. The van der Waals surface area contributed by atoms with Crippen molar-refractivity contribution >= 4 is 10.9 Å². The van der Waals surface area contributed by atoms with Gasteiger partial charge in [-0.15, -0.1) is 0 Å². The van der Waals surface area contributed by atoms with Gasteiger partial charge in [0.05, 0.1) is 29.7 Å². The highest BCUT2D eigenvalue weighted by Gasteiger charge is 2.14. The van der Waals surface area contributed by atoms with E-state index >= 15 is 0 Å². The number of para-hydroxylation sites is 1. The third kappa shape index (κ3) is 4.15. The molecule has 1 N–H and O–H groups in total. The Kier molecular flexibility index (Phi) is 5.58. The first-order valence-corrected chi connectivity index (χ1v) is 10.0. The molecule has 2 heterocycles. The molecular weight excluding hydrogens is 360 g/mol. The van der Waals surface area contributed by atoms with E-state index in [1.54, 1.807) is 0 Å². The van der Waals surface area contributed by atoms with Crippen LogP contribution in [0.25, 0.3) is 16.6 Å². The van der Waals surface area contributed by atoms with Crippen LogP contribution in [0.5, 0.6) is 5.75 Å². The lowest BCUT2D eigenvalue weighted by Crippen LogP contribution is -2.19. The predicted octanol–water partition coefficient (Wildman–Crippen LogP) is 4.98. The molecule has 0 radical (unpaired) electrons. The fourth-order valence-corrected chi connectivity index (χ4v) is 3.55. The topological polar surface area (TPSA) is 52.0 Å². The van der Waals surface area contributed by atoms with Crippen molar-refractivity contribution < 1.29 is 4.74 Å². The van der Waals surface area contributed by atoms with Crippen molar-refractivity contribution in [3.05, 3.63) is 83.8 Å². The van der Waals surface area contributed by atoms with Crippen LogP contribution in [0.15, 0.2) is 66.9 Å². The van der Waals surface area contributed by atoms with Crippen molar-refractivity contribution in [3.63, 3.8) is 0 Å². The van der Waals surface area contributed by atoms with Crippen LogP contribution in [0, 0.1) is 6.92 Å². The summed E-state index contributed by atoms with van der Waals surface area (Å²) in [5, 5.41) is 9.24. The first-order valence-electron chi connectivity index (χ1n) is 10.0. The summed E-state index contributed by atoms with van der Waals surface area (Å²) in [5.74, 6) is 0.882. The van der Waals surface area contributed by atoms with Gasteiger partial charge >= 0.3 is 0 Å². The number of aromatic nitrogens is 3. The highest BCUT2D eigenvalue weighted by atomic mass is 16.5. The largest absolute Gasteiger partial charge is 0.494 e. The molecule has 0 fully saturated rings. The molecule has 148 valence electrons. The molecule has 0 aliphatic carbocycles. The van der Waals surface area contributed by atoms with Gasteiger partial charge in [-0.2, -0.15) is 5.10 Å². The van der Waals surface area contributed by atoms with Crippen LogP contribution < -0.4 is 10.1 Å². The maximum Gasteiger partial charge on any atom is 0.120 e. The van der Waals surface area contributed by atoms with Crippen LogP contribution in [-0.4, -0.2) is 21.4 Å². The molecule has 1 atom stereocenters. The number of fused-ring (bicyclic) bond motifs is 1. The summed E-state index contributed by atoms with van der Waals surface area (Å²) in [5.41, 5.74) is 5.41. The Morgan fingerprint density at radius 1 is 1.07 bits per heavy atom. The van der Waals surface area contributed by atoms with Crippen LogP contribution in [0.1, 0.15) is 36.8 Å². The van der Waals surface area contributed by atoms with Crippen molar-refractivity contribution in [2.45, 2.75) is 33.4 Å². The third-order valence-corrected chi connectivity index (χ3v) is 5.13. The Labute approximate surface area is 171 Å². The van der Waals surface area contributed by atoms with Crippen molar-refractivity contribution in [3.8, 4) is 11.4 Å². The number of pyridine rings is 1. The summed E-state index contributed by atoms with van der Waals surface area (Å²) < 4.78 is 7.55. The van der Waals surface area contributed by atoms with E-state index in [4.69, 9.17) is 9.72 Å². The predicted molar refractivity (Wildman–Crippen MR) is 116 cm³/mol. The Hall–Kier alpha value is -3.18. The van der Waals surface area contributed by atoms with Crippen molar-refractivity contribution in [1.82, 2.24) is 20.1 Å². The number of hydrogen-bond donors (Lipinski definition) is 1. The Bertz CT molecular complexity index is 1100. The van der Waals surface area contributed by atoms with E-state index in [0.29, 0.717) is 13.2 Å². The first kappa shape index (κ1) is 19.2. The minimum atomic E-state index is 0.172. The van der Waals surface area contributed by atoms with Gasteiger partial charge in [-0.25, -0.2) is 4.68 Å². The monoisotopic (exact) mass is 386 g/mol. The van der Waals surface area contributed by atoms with Crippen molar-refractivity contribution in [1.29, 1.82) is 0 Å². The molecule has 0 aliphatic rings. The summed E-state index contributed by atoms with van der Waals surface area (Å²) >= 11 is 0. The Morgan fingerprint density at radius 2 is 1.90 bits per heavy atom. The SMILES string of the molecule is CCOc1ccc2nc(CNC(C)c3cnn(-c4ccccc4)c3C)ccc2c1. The maximum atomic E-state index is 5.57. The summed E-state index contributed by atoms with van der Waals surface area (Å²) in [7, 11) is 0. The zero-order valence-corrected chi connectivity index (χ0v) is 17.1. The molecule has 0 amide bonds. The average Bonchev–Trinajstić information content (AvgIpc) is 3.14. The zero-order valence-electron chi connectivity index (χ0n) is 17.1. The van der Waals surface area contributed by atoms with Gasteiger partial charge in [0.1, 0.15) is 5.75 Å². The summed E-state index contributed by atoms with van der Waals surface area (Å²) in [6, 6.07) is 20.6. The van der Waals surface area contributed by atoms with Gasteiger partial charge in [-0.1, -0.05) is 24.3 Å². The maximum absolute atomic E-state index is 5.57. The van der Waals surface area contributed by atoms with Gasteiger partial charge in [-0.05, 0) is 57.2 Å². The molecule has 29 heavy (non-hydrogen) atoms. The van der Waals surface area contributed by atoms with Gasteiger partial charge in [-0.3, -0.25) is 4.98 Å². The molecule has 0 saturated heterocycles. The van der Waals surface area contributed by atoms with Crippen LogP contribution in [0.4, 0.5) is 0 Å². The molecule has 0 aliphatic heterocycles. The minimum Gasteiger partial charge on any atom is -0.494 e. The molecule has 0 bridgehead atoms. The summed E-state index contributed by atoms with van der Waals surface area (Å²) in [6.45, 7) is 7.62. The van der Waals surface area contributed by atoms with E-state index in [0.717, 1.165) is 33.7 Å². The number of rotatable bonds is 7. The van der Waals surface area contributed by atoms with Gasteiger partial charge in [0.2, 0.25) is 0 Å². The first-order chi connectivity index (χ1) is 14.2. The minimum absolute atomic E-state index is 0.172. The van der Waals surface area contributed by atoms with E-state index in [1.807, 2.05) is 54.2 Å². The number of nitrogens with one attached hydrogen (secondary N) is 1. The smallest absolute Gasteiger partial charge is 0.120 e. The highest BCUT2D eigenvalue weighted by molar-refractivity contribution is 5.80. The van der Waals surface area contributed by atoms with Crippen LogP contribution in [0.3, 0.4) is 0 Å². The average molecular weight is 386 g/mol. The second-order valence-corrected chi connectivity index (χ2v) is 7.13. The second kappa shape index (κ2) is 8.45. The molecule has 1 unspecified atom stereocenters. The molecule has 4 rings (SSSR count). The van der Waals surface area contributed by atoms with E-state index in [-0.39, 0.29) is 6.04 Å². The Balaban J connectivity index is 1.46. The molecule has 5 heteroatoms. The zero-order chi connectivity index (χ0) is 20.2. The molecule has 2 aromatic heterocycles. The van der Waals surface area contributed by atoms with E-state index < -0.39 is 0 Å². The van der Waals surface area contributed by atoms with Gasteiger partial charge in [0.25, 0.3) is 0 Å². The van der Waals surface area contributed by atoms with E-state index in [1.165, 1.54) is 5.56 Å². The number of benzene rings is 2. The Morgan fingerprint density at radius 3 is 2.69 bits per heavy atom. The lowest BCUT2D eigenvalue weighted by atomic mass is 10.1. The van der Waals surface area contributed by atoms with Gasteiger partial charge in [0, 0.05) is 29.2 Å².